The van der Waals surface area contributed by atoms with Gasteiger partial charge in [-0.15, -0.1) is 0 Å². The predicted octanol–water partition coefficient (Wildman–Crippen LogP) is 2.20. The Hall–Kier alpha value is -2.98. The topological polar surface area (TPSA) is 102 Å². The highest BCUT2D eigenvalue weighted by Gasteiger charge is 2.25. The van der Waals surface area contributed by atoms with Gasteiger partial charge in [0, 0.05) is 24.8 Å². The summed E-state index contributed by atoms with van der Waals surface area (Å²) < 4.78 is 12.2. The molecule has 2 aliphatic rings. The van der Waals surface area contributed by atoms with Crippen LogP contribution in [-0.4, -0.2) is 66.2 Å². The average Bonchev–Trinajstić information content (AvgIpc) is 3.18. The normalized spacial score (nSPS) is 18.0. The van der Waals surface area contributed by atoms with Crippen LogP contribution in [0.25, 0.3) is 0 Å². The number of anilines is 1. The molecule has 0 bridgehead atoms. The van der Waals surface area contributed by atoms with E-state index in [2.05, 4.69) is 10.6 Å². The van der Waals surface area contributed by atoms with Gasteiger partial charge in [-0.25, -0.2) is 4.79 Å². The van der Waals surface area contributed by atoms with E-state index in [-0.39, 0.29) is 24.0 Å². The Labute approximate surface area is 177 Å². The monoisotopic (exact) mass is 430 g/mol. The lowest BCUT2D eigenvalue weighted by Gasteiger charge is -2.31. The molecule has 1 saturated heterocycles. The summed E-state index contributed by atoms with van der Waals surface area (Å²) in [5, 5.41) is 5.73. The molecule has 2 aromatic rings. The molecule has 3 amide bonds. The number of carbonyl (C=O) groups excluding carboxylic acids is 3. The van der Waals surface area contributed by atoms with E-state index in [9.17, 15) is 14.4 Å². The second kappa shape index (κ2) is 8.80. The highest BCUT2D eigenvalue weighted by Crippen LogP contribution is 2.33. The predicted molar refractivity (Wildman–Crippen MR) is 111 cm³/mol. The molecule has 1 aromatic carbocycles. The highest BCUT2D eigenvalue weighted by atomic mass is 32.2. The molecule has 10 heteroatoms. The third-order valence-corrected chi connectivity index (χ3v) is 6.02. The Morgan fingerprint density at radius 2 is 2.23 bits per heavy atom. The van der Waals surface area contributed by atoms with Crippen LogP contribution >= 0.6 is 11.9 Å². The van der Waals surface area contributed by atoms with Crippen molar-refractivity contribution in [3.63, 3.8) is 0 Å². The Balaban J connectivity index is 1.34. The minimum atomic E-state index is -0.371. The van der Waals surface area contributed by atoms with Crippen molar-refractivity contribution in [2.45, 2.75) is 17.4 Å². The van der Waals surface area contributed by atoms with Gasteiger partial charge in [0.05, 0.1) is 36.9 Å². The molecule has 9 nitrogen and oxygen atoms in total. The number of hydrogen-bond donors (Lipinski definition) is 2. The summed E-state index contributed by atoms with van der Waals surface area (Å²) in [5.74, 6) is -0.449. The van der Waals surface area contributed by atoms with E-state index in [1.807, 2.05) is 18.3 Å². The van der Waals surface area contributed by atoms with E-state index in [1.54, 1.807) is 27.1 Å². The second-order valence-corrected chi connectivity index (χ2v) is 7.94. The van der Waals surface area contributed by atoms with Gasteiger partial charge in [0.2, 0.25) is 0 Å². The first-order chi connectivity index (χ1) is 14.5. The van der Waals surface area contributed by atoms with Gasteiger partial charge in [0.15, 0.2) is 0 Å². The summed E-state index contributed by atoms with van der Waals surface area (Å²) in [6.07, 6.45) is 1.87. The quantitative estimate of drug-likeness (QED) is 0.771. The first kappa shape index (κ1) is 20.3. The van der Waals surface area contributed by atoms with Gasteiger partial charge in [-0.05, 0) is 48.7 Å². The minimum Gasteiger partial charge on any atom is -0.453 e. The lowest BCUT2D eigenvalue weighted by Crippen LogP contribution is -2.46. The molecule has 2 aliphatic heterocycles. The van der Waals surface area contributed by atoms with Crippen LogP contribution in [-0.2, 0) is 9.47 Å². The van der Waals surface area contributed by atoms with Gasteiger partial charge >= 0.3 is 6.09 Å². The fraction of sp³-hybridized carbons (Fsp3) is 0.350. The number of ether oxygens (including phenoxy) is 2. The van der Waals surface area contributed by atoms with Crippen molar-refractivity contribution in [1.82, 2.24) is 14.2 Å². The standard InChI is InChI=1S/C20H22N4O5S/c1-28-20(27)23-9-10-29-14(12-23)6-7-21-18(25)13-4-5-17-15(11-13)22-19(26)16-3-2-8-24(16)30-17/h2-5,8,11,14H,6-7,9-10,12H2,1H3,(H,21,25)(H,22,26). The largest absolute Gasteiger partial charge is 0.453 e. The fourth-order valence-electron chi connectivity index (χ4n) is 3.40. The zero-order chi connectivity index (χ0) is 21.1. The Morgan fingerprint density at radius 1 is 1.37 bits per heavy atom. The van der Waals surface area contributed by atoms with Crippen LogP contribution in [0.3, 0.4) is 0 Å². The molecular weight excluding hydrogens is 408 g/mol. The molecule has 4 rings (SSSR count). The van der Waals surface area contributed by atoms with Crippen molar-refractivity contribution in [3.05, 3.63) is 47.8 Å². The lowest BCUT2D eigenvalue weighted by atomic mass is 10.1. The number of fused-ring (bicyclic) bond motifs is 2. The first-order valence-corrected chi connectivity index (χ1v) is 10.4. The number of hydrogen-bond acceptors (Lipinski definition) is 6. The Bertz CT molecular complexity index is 976. The van der Waals surface area contributed by atoms with Crippen molar-refractivity contribution in [1.29, 1.82) is 0 Å². The number of methoxy groups -OCH3 is 1. The van der Waals surface area contributed by atoms with Crippen molar-refractivity contribution < 1.29 is 23.9 Å². The van der Waals surface area contributed by atoms with Crippen LogP contribution in [0.1, 0.15) is 27.3 Å². The molecule has 1 fully saturated rings. The summed E-state index contributed by atoms with van der Waals surface area (Å²) in [6.45, 7) is 1.78. The van der Waals surface area contributed by atoms with Crippen molar-refractivity contribution >= 4 is 35.5 Å². The van der Waals surface area contributed by atoms with Crippen molar-refractivity contribution in [2.75, 3.05) is 38.7 Å². The Morgan fingerprint density at radius 3 is 3.07 bits per heavy atom. The van der Waals surface area contributed by atoms with Crippen LogP contribution < -0.4 is 10.6 Å². The molecule has 30 heavy (non-hydrogen) atoms. The number of rotatable bonds is 4. The van der Waals surface area contributed by atoms with Gasteiger partial charge in [-0.2, -0.15) is 0 Å². The van der Waals surface area contributed by atoms with Crippen LogP contribution in [0.5, 0.6) is 0 Å². The summed E-state index contributed by atoms with van der Waals surface area (Å²) >= 11 is 1.42. The maximum absolute atomic E-state index is 12.6. The smallest absolute Gasteiger partial charge is 0.409 e. The van der Waals surface area contributed by atoms with Gasteiger partial charge in [0.1, 0.15) is 5.69 Å². The molecule has 0 aliphatic carbocycles. The molecule has 3 heterocycles. The van der Waals surface area contributed by atoms with Crippen molar-refractivity contribution in [2.24, 2.45) is 0 Å². The molecule has 1 aromatic heterocycles. The Kier molecular flexibility index (Phi) is 5.96. The van der Waals surface area contributed by atoms with Gasteiger partial charge in [0.25, 0.3) is 11.8 Å². The third kappa shape index (κ3) is 4.29. The fourth-order valence-corrected chi connectivity index (χ4v) is 4.32. The summed E-state index contributed by atoms with van der Waals surface area (Å²) in [7, 11) is 1.35. The van der Waals surface area contributed by atoms with Gasteiger partial charge < -0.3 is 25.0 Å². The molecule has 0 saturated carbocycles. The van der Waals surface area contributed by atoms with E-state index in [0.29, 0.717) is 49.6 Å². The number of morpholine rings is 1. The molecule has 2 N–H and O–H groups in total. The number of amides is 3. The number of carbonyl (C=O) groups is 3. The summed E-state index contributed by atoms with van der Waals surface area (Å²) in [6, 6.07) is 8.80. The summed E-state index contributed by atoms with van der Waals surface area (Å²) in [5.41, 5.74) is 1.61. The SMILES string of the molecule is COC(=O)N1CCOC(CCNC(=O)c2ccc3c(c2)NC(=O)c2cccn2S3)C1. The number of aromatic nitrogens is 1. The summed E-state index contributed by atoms with van der Waals surface area (Å²) in [4.78, 5) is 39.0. The molecule has 158 valence electrons. The number of nitrogens with zero attached hydrogens (tertiary/aromatic N) is 2. The third-order valence-electron chi connectivity index (χ3n) is 4.96. The van der Waals surface area contributed by atoms with E-state index >= 15 is 0 Å². The van der Waals surface area contributed by atoms with E-state index in [1.165, 1.54) is 19.1 Å². The van der Waals surface area contributed by atoms with E-state index in [0.717, 1.165) is 4.90 Å². The van der Waals surface area contributed by atoms with Crippen LogP contribution in [0.15, 0.2) is 41.4 Å². The van der Waals surface area contributed by atoms with E-state index < -0.39 is 0 Å². The maximum Gasteiger partial charge on any atom is 0.409 e. The number of nitrogens with one attached hydrogen (secondary N) is 2. The maximum atomic E-state index is 12.6. The lowest BCUT2D eigenvalue weighted by molar-refractivity contribution is -0.0272. The van der Waals surface area contributed by atoms with Crippen LogP contribution in [0, 0.1) is 0 Å². The van der Waals surface area contributed by atoms with Gasteiger partial charge in [-0.3, -0.25) is 13.6 Å². The second-order valence-electron chi connectivity index (χ2n) is 6.93. The molecule has 0 spiro atoms. The average molecular weight is 430 g/mol. The zero-order valence-electron chi connectivity index (χ0n) is 16.4. The molecule has 0 radical (unpaired) electrons. The zero-order valence-corrected chi connectivity index (χ0v) is 17.2. The van der Waals surface area contributed by atoms with Gasteiger partial charge in [-0.1, -0.05) is 0 Å². The van der Waals surface area contributed by atoms with Crippen LogP contribution in [0.4, 0.5) is 10.5 Å². The minimum absolute atomic E-state index is 0.157. The molecule has 1 atom stereocenters. The molecule has 1 unspecified atom stereocenters. The van der Waals surface area contributed by atoms with E-state index in [4.69, 9.17) is 9.47 Å². The first-order valence-electron chi connectivity index (χ1n) is 9.59. The van der Waals surface area contributed by atoms with Crippen molar-refractivity contribution in [3.8, 4) is 0 Å². The molecular formula is C20H22N4O5S. The highest BCUT2D eigenvalue weighted by molar-refractivity contribution is 7.98. The number of benzene rings is 1. The van der Waals surface area contributed by atoms with Crippen LogP contribution in [0.2, 0.25) is 0 Å².